The van der Waals surface area contributed by atoms with Gasteiger partial charge in [-0.25, -0.2) is 9.97 Å². The van der Waals surface area contributed by atoms with Crippen molar-refractivity contribution in [2.45, 2.75) is 6.92 Å². The van der Waals surface area contributed by atoms with E-state index in [0.29, 0.717) is 5.95 Å². The summed E-state index contributed by atoms with van der Waals surface area (Å²) >= 11 is 0. The molecule has 2 aromatic rings. The van der Waals surface area contributed by atoms with Crippen LogP contribution in [0.1, 0.15) is 5.69 Å². The Morgan fingerprint density at radius 1 is 1.19 bits per heavy atom. The Morgan fingerprint density at radius 3 is 2.56 bits per heavy atom. The van der Waals surface area contributed by atoms with Crippen LogP contribution in [0, 0.1) is 6.92 Å². The Balaban J connectivity index is 0.00000128. The molecule has 0 bridgehead atoms. The van der Waals surface area contributed by atoms with Gasteiger partial charge in [0.2, 0.25) is 0 Å². The van der Waals surface area contributed by atoms with Crippen molar-refractivity contribution in [3.63, 3.8) is 0 Å². The van der Waals surface area contributed by atoms with E-state index in [2.05, 4.69) is 15.0 Å². The molecule has 4 N–H and O–H groups in total. The molecule has 6 heteroatoms. The number of rotatable bonds is 1. The largest absolute Gasteiger partial charge is 0.370 e. The number of nitrogens with two attached hydrogens (primary N) is 2. The van der Waals surface area contributed by atoms with Crippen LogP contribution in [0.3, 0.4) is 0 Å². The molecular weight excluding hydrogens is 226 g/mol. The highest BCUT2D eigenvalue weighted by Gasteiger charge is 2.02. The number of para-hydroxylation sites is 1. The first-order valence-corrected chi connectivity index (χ1v) is 4.50. The lowest BCUT2D eigenvalue weighted by Crippen LogP contribution is -2.22. The average Bonchev–Trinajstić information content (AvgIpc) is 2.16. The van der Waals surface area contributed by atoms with Crippen molar-refractivity contribution in [2.24, 2.45) is 16.5 Å². The van der Waals surface area contributed by atoms with Gasteiger partial charge in [-0.15, -0.1) is 12.4 Å². The van der Waals surface area contributed by atoms with Gasteiger partial charge in [0.15, 0.2) is 5.96 Å². The molecule has 0 spiro atoms. The van der Waals surface area contributed by atoms with E-state index in [9.17, 15) is 0 Å². The zero-order valence-corrected chi connectivity index (χ0v) is 9.53. The Kier molecular flexibility index (Phi) is 3.63. The molecule has 0 aliphatic carbocycles. The number of aryl methyl sites for hydroxylation is 1. The summed E-state index contributed by atoms with van der Waals surface area (Å²) in [4.78, 5) is 12.2. The van der Waals surface area contributed by atoms with Gasteiger partial charge in [0, 0.05) is 5.39 Å². The van der Waals surface area contributed by atoms with Gasteiger partial charge in [0.05, 0.1) is 11.2 Å². The van der Waals surface area contributed by atoms with Gasteiger partial charge < -0.3 is 11.5 Å². The number of hydrogen-bond acceptors (Lipinski definition) is 3. The van der Waals surface area contributed by atoms with Crippen LogP contribution in [-0.2, 0) is 0 Å². The number of guanidine groups is 1. The molecule has 0 atom stereocenters. The lowest BCUT2D eigenvalue weighted by molar-refractivity contribution is 1.12. The van der Waals surface area contributed by atoms with E-state index in [4.69, 9.17) is 11.5 Å². The van der Waals surface area contributed by atoms with Crippen LogP contribution in [-0.4, -0.2) is 15.9 Å². The molecule has 0 amide bonds. The summed E-state index contributed by atoms with van der Waals surface area (Å²) in [6.07, 6.45) is 0. The highest BCUT2D eigenvalue weighted by Crippen LogP contribution is 2.17. The third-order valence-corrected chi connectivity index (χ3v) is 2.01. The lowest BCUT2D eigenvalue weighted by Gasteiger charge is -2.01. The molecule has 0 aliphatic heterocycles. The van der Waals surface area contributed by atoms with Crippen molar-refractivity contribution in [1.82, 2.24) is 9.97 Å². The molecule has 0 fully saturated rings. The first kappa shape index (κ1) is 12.2. The van der Waals surface area contributed by atoms with E-state index < -0.39 is 0 Å². The molecule has 1 aromatic heterocycles. The highest BCUT2D eigenvalue weighted by molar-refractivity contribution is 5.85. The first-order valence-electron chi connectivity index (χ1n) is 4.50. The summed E-state index contributed by atoms with van der Waals surface area (Å²) in [6.45, 7) is 1.90. The average molecular weight is 238 g/mol. The van der Waals surface area contributed by atoms with E-state index in [-0.39, 0.29) is 18.4 Å². The summed E-state index contributed by atoms with van der Waals surface area (Å²) in [5, 5.41) is 1.01. The fourth-order valence-electron chi connectivity index (χ4n) is 1.39. The Morgan fingerprint density at radius 2 is 1.88 bits per heavy atom. The molecule has 84 valence electrons. The van der Waals surface area contributed by atoms with Crippen molar-refractivity contribution in [1.29, 1.82) is 0 Å². The second-order valence-corrected chi connectivity index (χ2v) is 3.16. The Bertz CT molecular complexity index is 534. The molecule has 0 saturated carbocycles. The number of halogens is 1. The van der Waals surface area contributed by atoms with Crippen molar-refractivity contribution >= 4 is 35.2 Å². The van der Waals surface area contributed by atoms with Crippen LogP contribution in [0.5, 0.6) is 0 Å². The molecular formula is C10H12ClN5. The third-order valence-electron chi connectivity index (χ3n) is 2.01. The Hall–Kier alpha value is -1.88. The van der Waals surface area contributed by atoms with E-state index in [1.807, 2.05) is 31.2 Å². The molecule has 2 rings (SSSR count). The van der Waals surface area contributed by atoms with Crippen LogP contribution in [0.2, 0.25) is 0 Å². The van der Waals surface area contributed by atoms with Gasteiger partial charge in [-0.2, -0.15) is 4.99 Å². The summed E-state index contributed by atoms with van der Waals surface area (Å²) in [5.74, 6) is 0.260. The molecule has 1 heterocycles. The summed E-state index contributed by atoms with van der Waals surface area (Å²) < 4.78 is 0. The van der Waals surface area contributed by atoms with Gasteiger partial charge in [-0.05, 0) is 13.0 Å². The second kappa shape index (κ2) is 4.76. The molecule has 0 saturated heterocycles. The van der Waals surface area contributed by atoms with Crippen LogP contribution < -0.4 is 11.5 Å². The smallest absolute Gasteiger partial charge is 0.253 e. The van der Waals surface area contributed by atoms with Gasteiger partial charge in [0.1, 0.15) is 0 Å². The van der Waals surface area contributed by atoms with Crippen molar-refractivity contribution < 1.29 is 0 Å². The lowest BCUT2D eigenvalue weighted by atomic mass is 10.2. The summed E-state index contributed by atoms with van der Waals surface area (Å²) in [7, 11) is 0. The normalized spacial score (nSPS) is 9.56. The second-order valence-electron chi connectivity index (χ2n) is 3.16. The highest BCUT2D eigenvalue weighted by atomic mass is 35.5. The quantitative estimate of drug-likeness (QED) is 0.577. The minimum absolute atomic E-state index is 0. The minimum atomic E-state index is -0.0373. The number of aliphatic imine (C=N–C) groups is 1. The summed E-state index contributed by atoms with van der Waals surface area (Å²) in [6, 6.07) is 7.71. The van der Waals surface area contributed by atoms with E-state index >= 15 is 0 Å². The molecule has 0 unspecified atom stereocenters. The standard InChI is InChI=1S/C10H11N5.ClH/c1-6-7-4-2-3-5-8(7)14-10(13-6)15-9(11)12;/h2-5H,1H3,(H4,11,12,13,14,15);1H. The zero-order valence-electron chi connectivity index (χ0n) is 8.71. The molecule has 0 aliphatic rings. The van der Waals surface area contributed by atoms with Crippen LogP contribution in [0.4, 0.5) is 5.95 Å². The predicted molar refractivity (Wildman–Crippen MR) is 67.0 cm³/mol. The number of fused-ring (bicyclic) bond motifs is 1. The number of nitrogens with zero attached hydrogens (tertiary/aromatic N) is 3. The number of hydrogen-bond donors (Lipinski definition) is 2. The van der Waals surface area contributed by atoms with Gasteiger partial charge >= 0.3 is 0 Å². The molecule has 5 nitrogen and oxygen atoms in total. The van der Waals surface area contributed by atoms with E-state index in [1.54, 1.807) is 0 Å². The monoisotopic (exact) mass is 237 g/mol. The zero-order chi connectivity index (χ0) is 10.8. The van der Waals surface area contributed by atoms with Crippen molar-refractivity contribution in [2.75, 3.05) is 0 Å². The first-order chi connectivity index (χ1) is 7.16. The number of aromatic nitrogens is 2. The topological polar surface area (TPSA) is 90.2 Å². The molecule has 16 heavy (non-hydrogen) atoms. The van der Waals surface area contributed by atoms with E-state index in [0.717, 1.165) is 16.6 Å². The third kappa shape index (κ3) is 2.38. The van der Waals surface area contributed by atoms with E-state index in [1.165, 1.54) is 0 Å². The van der Waals surface area contributed by atoms with Gasteiger partial charge in [0.25, 0.3) is 5.95 Å². The maximum atomic E-state index is 5.27. The maximum absolute atomic E-state index is 5.27. The van der Waals surface area contributed by atoms with Crippen LogP contribution in [0.25, 0.3) is 10.9 Å². The van der Waals surface area contributed by atoms with Crippen molar-refractivity contribution in [3.05, 3.63) is 30.0 Å². The molecule has 1 aromatic carbocycles. The predicted octanol–water partition coefficient (Wildman–Crippen LogP) is 1.26. The SMILES string of the molecule is Cc1nc(N=C(N)N)nc2ccccc12.Cl. The maximum Gasteiger partial charge on any atom is 0.253 e. The Labute approximate surface area is 99.0 Å². The van der Waals surface area contributed by atoms with Gasteiger partial charge in [-0.1, -0.05) is 18.2 Å². The van der Waals surface area contributed by atoms with Gasteiger partial charge in [-0.3, -0.25) is 0 Å². The number of benzene rings is 1. The minimum Gasteiger partial charge on any atom is -0.370 e. The fraction of sp³-hybridized carbons (Fsp3) is 0.100. The summed E-state index contributed by atoms with van der Waals surface area (Å²) in [5.41, 5.74) is 12.2. The fourth-order valence-corrected chi connectivity index (χ4v) is 1.39. The van der Waals surface area contributed by atoms with Crippen LogP contribution >= 0.6 is 12.4 Å². The van der Waals surface area contributed by atoms with Crippen LogP contribution in [0.15, 0.2) is 29.3 Å². The van der Waals surface area contributed by atoms with Crippen molar-refractivity contribution in [3.8, 4) is 0 Å². The molecule has 0 radical (unpaired) electrons.